The van der Waals surface area contributed by atoms with Crippen molar-refractivity contribution in [3.05, 3.63) is 94.0 Å². The lowest BCUT2D eigenvalue weighted by atomic mass is 10.1. The highest BCUT2D eigenvalue weighted by Gasteiger charge is 2.16. The van der Waals surface area contributed by atoms with Crippen molar-refractivity contribution in [2.75, 3.05) is 16.8 Å². The Morgan fingerprint density at radius 2 is 1.65 bits per heavy atom. The summed E-state index contributed by atoms with van der Waals surface area (Å²) in [5.41, 5.74) is 2.27. The van der Waals surface area contributed by atoms with Crippen LogP contribution in [0.2, 0.25) is 10.0 Å². The van der Waals surface area contributed by atoms with Crippen molar-refractivity contribution in [3.8, 4) is 0 Å². The van der Waals surface area contributed by atoms with E-state index in [-0.39, 0.29) is 21.6 Å². The number of hydrogen-bond donors (Lipinski definition) is 2. The molecule has 0 heterocycles. The molecule has 31 heavy (non-hydrogen) atoms. The van der Waals surface area contributed by atoms with Crippen molar-refractivity contribution < 1.29 is 9.59 Å². The molecule has 0 saturated carbocycles. The maximum atomic E-state index is 12.9. The Morgan fingerprint density at radius 3 is 2.26 bits per heavy atom. The molecule has 2 N–H and O–H groups in total. The van der Waals surface area contributed by atoms with Crippen LogP contribution in [-0.4, -0.2) is 23.5 Å². The maximum Gasteiger partial charge on any atom is 0.258 e. The van der Waals surface area contributed by atoms with Crippen molar-refractivity contribution in [3.63, 3.8) is 0 Å². The number of nitrogens with one attached hydrogen (secondary N) is 2. The topological polar surface area (TPSA) is 61.4 Å². The third-order valence-corrected chi connectivity index (χ3v) is 5.17. The van der Waals surface area contributed by atoms with Crippen LogP contribution >= 0.6 is 35.4 Å². The van der Waals surface area contributed by atoms with E-state index in [1.165, 1.54) is 12.1 Å². The van der Waals surface area contributed by atoms with E-state index in [2.05, 4.69) is 10.6 Å². The Kier molecular flexibility index (Phi) is 7.63. The molecule has 0 fully saturated rings. The minimum absolute atomic E-state index is 0.103. The maximum absolute atomic E-state index is 12.9. The summed E-state index contributed by atoms with van der Waals surface area (Å²) in [5.74, 6) is -0.555. The lowest BCUT2D eigenvalue weighted by molar-refractivity contribution is 0.0973. The van der Waals surface area contributed by atoms with Gasteiger partial charge in [-0.05, 0) is 73.7 Å². The van der Waals surface area contributed by atoms with E-state index < -0.39 is 5.91 Å². The van der Waals surface area contributed by atoms with Gasteiger partial charge in [0.05, 0.1) is 10.6 Å². The fourth-order valence-electron chi connectivity index (χ4n) is 2.91. The zero-order valence-corrected chi connectivity index (χ0v) is 18.9. The summed E-state index contributed by atoms with van der Waals surface area (Å²) < 4.78 is 0. The molecule has 3 aromatic rings. The van der Waals surface area contributed by atoms with E-state index in [9.17, 15) is 9.59 Å². The van der Waals surface area contributed by atoms with Gasteiger partial charge in [0.2, 0.25) is 0 Å². The number of hydrogen-bond acceptors (Lipinski definition) is 3. The van der Waals surface area contributed by atoms with Gasteiger partial charge in [0.15, 0.2) is 5.11 Å². The van der Waals surface area contributed by atoms with E-state index in [1.54, 1.807) is 35.2 Å². The molecule has 158 valence electrons. The molecule has 0 saturated heterocycles. The fraction of sp³-hybridized carbons (Fsp3) is 0.0870. The van der Waals surface area contributed by atoms with Gasteiger partial charge < -0.3 is 10.2 Å². The number of carbonyl (C=O) groups excluding carboxylic acids is 2. The molecule has 0 aliphatic rings. The second-order valence-electron chi connectivity index (χ2n) is 6.49. The Morgan fingerprint density at radius 1 is 0.968 bits per heavy atom. The molecule has 5 nitrogen and oxygen atoms in total. The Balaban J connectivity index is 1.64. The average molecular weight is 472 g/mol. The number of amides is 2. The van der Waals surface area contributed by atoms with E-state index >= 15 is 0 Å². The molecule has 0 spiro atoms. The van der Waals surface area contributed by atoms with Gasteiger partial charge in [0, 0.05) is 28.5 Å². The second-order valence-corrected chi connectivity index (χ2v) is 7.75. The first kappa shape index (κ1) is 22.7. The number of carbonyl (C=O) groups is 2. The zero-order chi connectivity index (χ0) is 22.4. The molecule has 0 aliphatic carbocycles. The van der Waals surface area contributed by atoms with Crippen molar-refractivity contribution >= 4 is 63.7 Å². The molecule has 3 aromatic carbocycles. The van der Waals surface area contributed by atoms with Gasteiger partial charge in [-0.15, -0.1) is 0 Å². The van der Waals surface area contributed by atoms with Gasteiger partial charge in [-0.2, -0.15) is 0 Å². The summed E-state index contributed by atoms with van der Waals surface area (Å²) in [5, 5.41) is 6.26. The monoisotopic (exact) mass is 471 g/mol. The highest BCUT2D eigenvalue weighted by molar-refractivity contribution is 7.80. The molecule has 0 aliphatic heterocycles. The number of thiocarbonyl (C=S) groups is 1. The number of nitrogens with zero attached hydrogens (tertiary/aromatic N) is 1. The first-order valence-electron chi connectivity index (χ1n) is 9.43. The second kappa shape index (κ2) is 10.4. The molecule has 0 aromatic heterocycles. The lowest BCUT2D eigenvalue weighted by Gasteiger charge is -2.21. The van der Waals surface area contributed by atoms with Gasteiger partial charge in [0.1, 0.15) is 0 Å². The summed E-state index contributed by atoms with van der Waals surface area (Å²) >= 11 is 17.1. The zero-order valence-electron chi connectivity index (χ0n) is 16.6. The largest absolute Gasteiger partial charge is 0.332 e. The SMILES string of the molecule is CCN(C(=O)c1ccc(NC(=S)NC(=O)c2ccc(Cl)cc2Cl)cc1)c1ccccc1. The summed E-state index contributed by atoms with van der Waals surface area (Å²) in [4.78, 5) is 26.9. The Bertz CT molecular complexity index is 1110. The summed E-state index contributed by atoms with van der Waals surface area (Å²) in [6.07, 6.45) is 0. The highest BCUT2D eigenvalue weighted by atomic mass is 35.5. The van der Waals surface area contributed by atoms with Crippen molar-refractivity contribution in [1.82, 2.24) is 5.32 Å². The van der Waals surface area contributed by atoms with Crippen LogP contribution in [0.1, 0.15) is 27.6 Å². The van der Waals surface area contributed by atoms with Crippen molar-refractivity contribution in [1.29, 1.82) is 0 Å². The Hall–Kier alpha value is -2.93. The van der Waals surface area contributed by atoms with Gasteiger partial charge in [-0.3, -0.25) is 14.9 Å². The predicted octanol–water partition coefficient (Wildman–Crippen LogP) is 5.79. The molecule has 8 heteroatoms. The first-order valence-corrected chi connectivity index (χ1v) is 10.6. The number of rotatable bonds is 5. The molecular weight excluding hydrogens is 453 g/mol. The molecule has 0 radical (unpaired) electrons. The van der Waals surface area contributed by atoms with Crippen LogP contribution < -0.4 is 15.5 Å². The van der Waals surface area contributed by atoms with Crippen molar-refractivity contribution in [2.45, 2.75) is 6.92 Å². The van der Waals surface area contributed by atoms with E-state index in [0.717, 1.165) is 5.69 Å². The van der Waals surface area contributed by atoms with Crippen LogP contribution in [0.15, 0.2) is 72.8 Å². The summed E-state index contributed by atoms with van der Waals surface area (Å²) in [6, 6.07) is 20.9. The third kappa shape index (κ3) is 5.82. The quantitative estimate of drug-likeness (QED) is 0.462. The smallest absolute Gasteiger partial charge is 0.258 e. The van der Waals surface area contributed by atoms with Crippen LogP contribution in [0.4, 0.5) is 11.4 Å². The van der Waals surface area contributed by atoms with Gasteiger partial charge in [-0.1, -0.05) is 41.4 Å². The van der Waals surface area contributed by atoms with Crippen LogP contribution in [0.3, 0.4) is 0 Å². The van der Waals surface area contributed by atoms with E-state index in [0.29, 0.717) is 22.8 Å². The fourth-order valence-corrected chi connectivity index (χ4v) is 3.61. The lowest BCUT2D eigenvalue weighted by Crippen LogP contribution is -2.34. The van der Waals surface area contributed by atoms with Crippen LogP contribution in [0.5, 0.6) is 0 Å². The third-order valence-electron chi connectivity index (χ3n) is 4.42. The average Bonchev–Trinajstić information content (AvgIpc) is 2.75. The van der Waals surface area contributed by atoms with Gasteiger partial charge in [0.25, 0.3) is 11.8 Å². The normalized spacial score (nSPS) is 10.3. The minimum atomic E-state index is -0.451. The summed E-state index contributed by atoms with van der Waals surface area (Å²) in [6.45, 7) is 2.47. The minimum Gasteiger partial charge on any atom is -0.332 e. The predicted molar refractivity (Wildman–Crippen MR) is 130 cm³/mol. The summed E-state index contributed by atoms with van der Waals surface area (Å²) in [7, 11) is 0. The molecule has 0 atom stereocenters. The van der Waals surface area contributed by atoms with Crippen molar-refractivity contribution in [2.24, 2.45) is 0 Å². The Labute approximate surface area is 196 Å². The molecule has 3 rings (SSSR count). The first-order chi connectivity index (χ1) is 14.9. The van der Waals surface area contributed by atoms with E-state index in [4.69, 9.17) is 35.4 Å². The van der Waals surface area contributed by atoms with E-state index in [1.807, 2.05) is 37.3 Å². The molecule has 0 unspecified atom stereocenters. The van der Waals surface area contributed by atoms with Crippen LogP contribution in [0.25, 0.3) is 0 Å². The molecule has 0 bridgehead atoms. The number of benzene rings is 3. The van der Waals surface area contributed by atoms with Crippen LogP contribution in [-0.2, 0) is 0 Å². The van der Waals surface area contributed by atoms with Gasteiger partial charge in [-0.25, -0.2) is 0 Å². The standard InChI is InChI=1S/C23H19Cl2N3O2S/c1-2-28(18-6-4-3-5-7-18)22(30)15-8-11-17(12-9-15)26-23(31)27-21(29)19-13-10-16(24)14-20(19)25/h3-14H,2H2,1H3,(H2,26,27,29,31). The number of anilines is 2. The highest BCUT2D eigenvalue weighted by Crippen LogP contribution is 2.21. The van der Waals surface area contributed by atoms with Gasteiger partial charge >= 0.3 is 0 Å². The molecular formula is C23H19Cl2N3O2S. The number of halogens is 2. The molecule has 2 amide bonds. The number of para-hydroxylation sites is 1. The van der Waals surface area contributed by atoms with Crippen LogP contribution in [0, 0.1) is 0 Å².